The zero-order chi connectivity index (χ0) is 23.1. The summed E-state index contributed by atoms with van der Waals surface area (Å²) in [6.45, 7) is 8.04. The van der Waals surface area contributed by atoms with Gasteiger partial charge in [0.2, 0.25) is 0 Å². The minimum absolute atomic E-state index is 0.144. The Hall–Kier alpha value is -1.96. The van der Waals surface area contributed by atoms with E-state index in [9.17, 15) is 14.0 Å². The first-order chi connectivity index (χ1) is 14.6. The molecule has 2 aromatic carbocycles. The molecule has 2 rings (SSSR count). The van der Waals surface area contributed by atoms with Crippen molar-refractivity contribution in [2.24, 2.45) is 0 Å². The van der Waals surface area contributed by atoms with Gasteiger partial charge in [0.05, 0.1) is 7.11 Å². The second kappa shape index (κ2) is 11.1. The van der Waals surface area contributed by atoms with Gasteiger partial charge in [0.15, 0.2) is 11.3 Å². The smallest absolute Gasteiger partial charge is 0.340 e. The van der Waals surface area contributed by atoms with Gasteiger partial charge in [-0.25, -0.2) is 9.18 Å². The summed E-state index contributed by atoms with van der Waals surface area (Å²) in [7, 11) is -1.66. The molecular formula is C24H31FO4SSi. The fourth-order valence-corrected chi connectivity index (χ4v) is 9.42. The van der Waals surface area contributed by atoms with Gasteiger partial charge in [-0.2, -0.15) is 0 Å². The molecule has 168 valence electrons. The minimum Gasteiger partial charge on any atom is -0.467 e. The zero-order valence-electron chi connectivity index (χ0n) is 18.8. The number of rotatable bonds is 9. The summed E-state index contributed by atoms with van der Waals surface area (Å²) >= 11 is 1.01. The number of methoxy groups -OCH3 is 1. The summed E-state index contributed by atoms with van der Waals surface area (Å²) in [4.78, 5) is 23.4. The molecule has 0 aliphatic rings. The third-order valence-electron chi connectivity index (χ3n) is 5.16. The molecule has 0 amide bonds. The van der Waals surface area contributed by atoms with E-state index in [4.69, 9.17) is 4.43 Å². The summed E-state index contributed by atoms with van der Waals surface area (Å²) in [5, 5.41) is 1.31. The monoisotopic (exact) mass is 462 g/mol. The predicted molar refractivity (Wildman–Crippen MR) is 127 cm³/mol. The minimum atomic E-state index is -2.81. The van der Waals surface area contributed by atoms with Crippen LogP contribution in [0.3, 0.4) is 0 Å². The van der Waals surface area contributed by atoms with Gasteiger partial charge in [-0.05, 0) is 15.4 Å². The van der Waals surface area contributed by atoms with Crippen LogP contribution in [0.1, 0.15) is 34.1 Å². The molecule has 0 N–H and O–H groups in total. The van der Waals surface area contributed by atoms with E-state index in [1.165, 1.54) is 6.92 Å². The second-order valence-corrected chi connectivity index (χ2v) is 14.2. The lowest BCUT2D eigenvalue weighted by atomic mass is 10.2. The van der Waals surface area contributed by atoms with Crippen molar-refractivity contribution in [1.29, 1.82) is 0 Å². The van der Waals surface area contributed by atoms with E-state index in [0.717, 1.165) is 29.2 Å². The average molecular weight is 463 g/mol. The van der Waals surface area contributed by atoms with E-state index < -0.39 is 25.7 Å². The topological polar surface area (TPSA) is 52.6 Å². The standard InChI is InChI=1S/C24H31FO4SSi/c1-18(26)30-19(16-22(25)23(27)28-5)17-29-31(24(2,3)4,20-12-8-6-9-13-20)21-14-10-7-11-15-21/h6-15,19,22H,16-17H2,1-5H3/t19?,22-/m0/s1. The Balaban J connectivity index is 2.46. The number of hydrogen-bond acceptors (Lipinski definition) is 5. The van der Waals surface area contributed by atoms with Gasteiger partial charge in [-0.3, -0.25) is 4.79 Å². The SMILES string of the molecule is COC(=O)[C@@H](F)CC(CO[Si](c1ccccc1)(c1ccccc1)C(C)(C)C)SC(C)=O. The number of esters is 1. The van der Waals surface area contributed by atoms with Gasteiger partial charge in [-0.1, -0.05) is 93.2 Å². The summed E-state index contributed by atoms with van der Waals surface area (Å²) in [5.74, 6) is -0.931. The van der Waals surface area contributed by atoms with E-state index in [-0.39, 0.29) is 23.2 Å². The van der Waals surface area contributed by atoms with Crippen LogP contribution >= 0.6 is 11.8 Å². The van der Waals surface area contributed by atoms with E-state index in [1.54, 1.807) is 0 Å². The fourth-order valence-electron chi connectivity index (χ4n) is 3.82. The van der Waals surface area contributed by atoms with Crippen LogP contribution in [0.25, 0.3) is 0 Å². The molecule has 1 unspecified atom stereocenters. The number of ether oxygens (including phenoxy) is 1. The molecule has 2 atom stereocenters. The van der Waals surface area contributed by atoms with E-state index in [2.05, 4.69) is 49.8 Å². The number of hydrogen-bond donors (Lipinski definition) is 0. The highest BCUT2D eigenvalue weighted by atomic mass is 32.2. The number of carbonyl (C=O) groups is 2. The Bertz CT molecular complexity index is 815. The van der Waals surface area contributed by atoms with Crippen molar-refractivity contribution in [3.63, 3.8) is 0 Å². The van der Waals surface area contributed by atoms with Crippen LogP contribution < -0.4 is 10.4 Å². The van der Waals surface area contributed by atoms with Crippen LogP contribution in [0.15, 0.2) is 60.7 Å². The highest BCUT2D eigenvalue weighted by Crippen LogP contribution is 2.37. The van der Waals surface area contributed by atoms with Gasteiger partial charge in [-0.15, -0.1) is 0 Å². The highest BCUT2D eigenvalue weighted by molar-refractivity contribution is 8.14. The summed E-state index contributed by atoms with van der Waals surface area (Å²) in [5.41, 5.74) is 0. The molecule has 0 saturated heterocycles. The Kier molecular flexibility index (Phi) is 9.03. The molecule has 7 heteroatoms. The third kappa shape index (κ3) is 6.27. The Morgan fingerprint density at radius 2 is 1.48 bits per heavy atom. The Labute approximate surface area is 189 Å². The quantitative estimate of drug-likeness (QED) is 0.415. The van der Waals surface area contributed by atoms with E-state index in [1.807, 2.05) is 36.4 Å². The predicted octanol–water partition coefficient (Wildman–Crippen LogP) is 4.11. The summed E-state index contributed by atoms with van der Waals surface area (Å²) in [6.07, 6.45) is -1.95. The average Bonchev–Trinajstić information content (AvgIpc) is 2.73. The maximum absolute atomic E-state index is 14.4. The molecule has 31 heavy (non-hydrogen) atoms. The van der Waals surface area contributed by atoms with Crippen molar-refractivity contribution in [1.82, 2.24) is 0 Å². The van der Waals surface area contributed by atoms with Gasteiger partial charge >= 0.3 is 5.97 Å². The molecule has 0 bridgehead atoms. The molecule has 0 radical (unpaired) electrons. The molecule has 0 aromatic heterocycles. The summed E-state index contributed by atoms with van der Waals surface area (Å²) in [6, 6.07) is 20.2. The van der Waals surface area contributed by atoms with E-state index in [0.29, 0.717) is 0 Å². The van der Waals surface area contributed by atoms with Crippen LogP contribution in [0.2, 0.25) is 5.04 Å². The number of benzene rings is 2. The molecule has 2 aromatic rings. The normalized spacial score (nSPS) is 14.0. The van der Waals surface area contributed by atoms with Crippen LogP contribution in [0.4, 0.5) is 4.39 Å². The van der Waals surface area contributed by atoms with Crippen molar-refractivity contribution < 1.29 is 23.1 Å². The van der Waals surface area contributed by atoms with Gasteiger partial charge in [0.1, 0.15) is 0 Å². The van der Waals surface area contributed by atoms with Crippen LogP contribution in [0, 0.1) is 0 Å². The lowest BCUT2D eigenvalue weighted by Crippen LogP contribution is -2.67. The van der Waals surface area contributed by atoms with Crippen molar-refractivity contribution in [2.75, 3.05) is 13.7 Å². The first-order valence-corrected chi connectivity index (χ1v) is 13.0. The third-order valence-corrected chi connectivity index (χ3v) is 11.2. The molecular weight excluding hydrogens is 431 g/mol. The lowest BCUT2D eigenvalue weighted by molar-refractivity contribution is -0.146. The van der Waals surface area contributed by atoms with Crippen LogP contribution in [-0.2, 0) is 18.8 Å². The molecule has 0 spiro atoms. The summed E-state index contributed by atoms with van der Waals surface area (Å²) < 4.78 is 25.7. The maximum atomic E-state index is 14.4. The van der Waals surface area contributed by atoms with Crippen molar-refractivity contribution in [2.45, 2.75) is 50.6 Å². The number of halogens is 1. The van der Waals surface area contributed by atoms with Crippen molar-refractivity contribution >= 4 is 41.5 Å². The highest BCUT2D eigenvalue weighted by Gasteiger charge is 2.50. The molecule has 0 saturated carbocycles. The lowest BCUT2D eigenvalue weighted by Gasteiger charge is -2.43. The first kappa shape index (κ1) is 25.3. The second-order valence-electron chi connectivity index (χ2n) is 8.43. The molecule has 4 nitrogen and oxygen atoms in total. The maximum Gasteiger partial charge on any atom is 0.340 e. The fraction of sp³-hybridized carbons (Fsp3) is 0.417. The number of carbonyl (C=O) groups excluding carboxylic acids is 2. The van der Waals surface area contributed by atoms with Crippen molar-refractivity contribution in [3.8, 4) is 0 Å². The van der Waals surface area contributed by atoms with E-state index >= 15 is 0 Å². The first-order valence-electron chi connectivity index (χ1n) is 10.3. The largest absolute Gasteiger partial charge is 0.467 e. The van der Waals surface area contributed by atoms with Gasteiger partial charge < -0.3 is 9.16 Å². The number of thioether (sulfide) groups is 1. The zero-order valence-corrected chi connectivity index (χ0v) is 20.6. The number of alkyl halides is 1. The van der Waals surface area contributed by atoms with Crippen LogP contribution in [0.5, 0.6) is 0 Å². The van der Waals surface area contributed by atoms with Crippen LogP contribution in [-0.4, -0.2) is 44.5 Å². The molecule has 0 aliphatic heterocycles. The van der Waals surface area contributed by atoms with Gasteiger partial charge in [0.25, 0.3) is 8.32 Å². The Morgan fingerprint density at radius 3 is 1.87 bits per heavy atom. The molecule has 0 aliphatic carbocycles. The van der Waals surface area contributed by atoms with Crippen molar-refractivity contribution in [3.05, 3.63) is 60.7 Å². The Morgan fingerprint density at radius 1 is 1.00 bits per heavy atom. The molecule has 0 heterocycles. The molecule has 0 fully saturated rings. The van der Waals surface area contributed by atoms with Gasteiger partial charge in [0, 0.05) is 25.2 Å².